The molecule has 30 heavy (non-hydrogen) atoms. The number of benzene rings is 1. The standard InChI is InChI=1S/C22H25BrN2O5/c1-14-18(24-19(30-14)15-4-3-5-16(23)12-15)6-11-29-21(27)25-9-7-22(8-10-25)13-17(22)20(26)28-2/h3-5,12,17H,6-11,13H2,1-2H3. The van der Waals surface area contributed by atoms with Crippen molar-refractivity contribution in [1.29, 1.82) is 0 Å². The maximum absolute atomic E-state index is 12.4. The Morgan fingerprint density at radius 1 is 1.33 bits per heavy atom. The van der Waals surface area contributed by atoms with Crippen LogP contribution in [0.5, 0.6) is 0 Å². The Bertz CT molecular complexity index is 949. The van der Waals surface area contributed by atoms with Crippen molar-refractivity contribution in [1.82, 2.24) is 9.88 Å². The summed E-state index contributed by atoms with van der Waals surface area (Å²) in [5.74, 6) is 1.15. The number of likely N-dealkylation sites (tertiary alicyclic amines) is 1. The van der Waals surface area contributed by atoms with Crippen molar-refractivity contribution in [3.63, 3.8) is 0 Å². The normalized spacial score (nSPS) is 19.6. The smallest absolute Gasteiger partial charge is 0.409 e. The minimum absolute atomic E-state index is 0.00440. The van der Waals surface area contributed by atoms with Gasteiger partial charge in [-0.05, 0) is 49.8 Å². The largest absolute Gasteiger partial charge is 0.469 e. The van der Waals surface area contributed by atoms with Crippen LogP contribution in [0.2, 0.25) is 0 Å². The number of carbonyl (C=O) groups excluding carboxylic acids is 2. The van der Waals surface area contributed by atoms with E-state index in [0.29, 0.717) is 25.4 Å². The molecule has 1 spiro atoms. The van der Waals surface area contributed by atoms with Gasteiger partial charge in [0.25, 0.3) is 0 Å². The topological polar surface area (TPSA) is 81.9 Å². The Balaban J connectivity index is 1.25. The second-order valence-corrected chi connectivity index (χ2v) is 8.94. The molecule has 1 saturated carbocycles. The van der Waals surface area contributed by atoms with Crippen LogP contribution in [0.1, 0.15) is 30.7 Å². The Morgan fingerprint density at radius 2 is 2.10 bits per heavy atom. The van der Waals surface area contributed by atoms with Crippen LogP contribution in [0.4, 0.5) is 4.79 Å². The van der Waals surface area contributed by atoms with Crippen LogP contribution in [0.25, 0.3) is 11.5 Å². The summed E-state index contributed by atoms with van der Waals surface area (Å²) in [5.41, 5.74) is 1.71. The van der Waals surface area contributed by atoms with Gasteiger partial charge in [0.2, 0.25) is 5.89 Å². The van der Waals surface area contributed by atoms with Crippen LogP contribution in [-0.4, -0.2) is 48.8 Å². The van der Waals surface area contributed by atoms with Crippen LogP contribution >= 0.6 is 15.9 Å². The van der Waals surface area contributed by atoms with E-state index in [4.69, 9.17) is 13.9 Å². The number of nitrogens with zero attached hydrogens (tertiary/aromatic N) is 2. The molecule has 4 rings (SSSR count). The Kier molecular flexibility index (Phi) is 5.86. The number of piperidine rings is 1. The lowest BCUT2D eigenvalue weighted by molar-refractivity contribution is -0.143. The van der Waals surface area contributed by atoms with Crippen LogP contribution in [-0.2, 0) is 20.7 Å². The van der Waals surface area contributed by atoms with E-state index in [9.17, 15) is 9.59 Å². The molecule has 1 saturated heterocycles. The molecule has 1 amide bonds. The molecule has 0 radical (unpaired) electrons. The summed E-state index contributed by atoms with van der Waals surface area (Å²) in [5, 5.41) is 0. The van der Waals surface area contributed by atoms with Gasteiger partial charge in [-0.2, -0.15) is 0 Å². The van der Waals surface area contributed by atoms with Crippen molar-refractivity contribution in [2.45, 2.75) is 32.6 Å². The van der Waals surface area contributed by atoms with Gasteiger partial charge in [-0.1, -0.05) is 22.0 Å². The van der Waals surface area contributed by atoms with Gasteiger partial charge in [-0.15, -0.1) is 0 Å². The summed E-state index contributed by atoms with van der Waals surface area (Å²) in [7, 11) is 1.43. The number of esters is 1. The summed E-state index contributed by atoms with van der Waals surface area (Å²) >= 11 is 3.45. The third-order valence-corrected chi connectivity index (χ3v) is 6.71. The van der Waals surface area contributed by atoms with Crippen molar-refractivity contribution >= 4 is 28.0 Å². The number of hydrogen-bond donors (Lipinski definition) is 0. The van der Waals surface area contributed by atoms with Gasteiger partial charge >= 0.3 is 12.1 Å². The van der Waals surface area contributed by atoms with E-state index in [1.54, 1.807) is 4.90 Å². The first-order chi connectivity index (χ1) is 14.4. The number of aryl methyl sites for hydroxylation is 1. The van der Waals surface area contributed by atoms with Crippen LogP contribution in [0, 0.1) is 18.3 Å². The lowest BCUT2D eigenvalue weighted by Crippen LogP contribution is -2.40. The summed E-state index contributed by atoms with van der Waals surface area (Å²) < 4.78 is 17.1. The van der Waals surface area contributed by atoms with Gasteiger partial charge in [0.1, 0.15) is 5.76 Å². The van der Waals surface area contributed by atoms with Crippen molar-refractivity contribution in [3.8, 4) is 11.5 Å². The number of ether oxygens (including phenoxy) is 2. The van der Waals surface area contributed by atoms with E-state index in [-0.39, 0.29) is 30.0 Å². The second-order valence-electron chi connectivity index (χ2n) is 8.03. The number of hydrogen-bond acceptors (Lipinski definition) is 6. The molecule has 2 aliphatic rings. The van der Waals surface area contributed by atoms with E-state index in [0.717, 1.165) is 40.8 Å². The average molecular weight is 477 g/mol. The van der Waals surface area contributed by atoms with Gasteiger partial charge in [-0.3, -0.25) is 4.79 Å². The number of carbonyl (C=O) groups is 2. The third kappa shape index (κ3) is 4.24. The fourth-order valence-corrected chi connectivity index (χ4v) is 4.64. The first-order valence-corrected chi connectivity index (χ1v) is 10.9. The fraction of sp³-hybridized carbons (Fsp3) is 0.500. The van der Waals surface area contributed by atoms with Crippen LogP contribution < -0.4 is 0 Å². The summed E-state index contributed by atoms with van der Waals surface area (Å²) in [6, 6.07) is 7.76. The number of amides is 1. The van der Waals surface area contributed by atoms with Crippen molar-refractivity contribution in [2.24, 2.45) is 11.3 Å². The van der Waals surface area contributed by atoms with Gasteiger partial charge < -0.3 is 18.8 Å². The molecule has 0 N–H and O–H groups in total. The maximum Gasteiger partial charge on any atom is 0.409 e. The second kappa shape index (κ2) is 8.41. The zero-order valence-corrected chi connectivity index (χ0v) is 18.7. The molecule has 1 aromatic carbocycles. The molecule has 7 nitrogen and oxygen atoms in total. The highest BCUT2D eigenvalue weighted by molar-refractivity contribution is 9.10. The maximum atomic E-state index is 12.4. The molecule has 160 valence electrons. The molecular weight excluding hydrogens is 452 g/mol. The summed E-state index contributed by atoms with van der Waals surface area (Å²) in [6.07, 6.45) is 2.69. The Labute approximate surface area is 183 Å². The van der Waals surface area contributed by atoms with Crippen molar-refractivity contribution < 1.29 is 23.5 Å². The molecule has 2 heterocycles. The third-order valence-electron chi connectivity index (χ3n) is 6.22. The van der Waals surface area contributed by atoms with E-state index in [1.165, 1.54) is 7.11 Å². The number of oxazole rings is 1. The van der Waals surface area contributed by atoms with E-state index in [1.807, 2.05) is 31.2 Å². The van der Waals surface area contributed by atoms with Gasteiger partial charge in [0.05, 0.1) is 25.3 Å². The van der Waals surface area contributed by atoms with Crippen molar-refractivity contribution in [2.75, 3.05) is 26.8 Å². The molecule has 1 aliphatic heterocycles. The lowest BCUT2D eigenvalue weighted by Gasteiger charge is -2.31. The zero-order chi connectivity index (χ0) is 21.3. The van der Waals surface area contributed by atoms with Gasteiger partial charge in [0.15, 0.2) is 0 Å². The first-order valence-electron chi connectivity index (χ1n) is 10.1. The number of halogens is 1. The SMILES string of the molecule is COC(=O)C1CC12CCN(C(=O)OCCc1nc(-c3cccc(Br)c3)oc1C)CC2. The van der Waals surface area contributed by atoms with Gasteiger partial charge in [0, 0.05) is 29.5 Å². The number of rotatable bonds is 5. The highest BCUT2D eigenvalue weighted by atomic mass is 79.9. The zero-order valence-electron chi connectivity index (χ0n) is 17.2. The minimum Gasteiger partial charge on any atom is -0.469 e. The lowest BCUT2D eigenvalue weighted by atomic mass is 9.91. The minimum atomic E-state index is -0.312. The predicted octanol–water partition coefficient (Wildman–Crippen LogP) is 4.37. The fourth-order valence-electron chi connectivity index (χ4n) is 4.24. The predicted molar refractivity (Wildman–Crippen MR) is 113 cm³/mol. The summed E-state index contributed by atoms with van der Waals surface area (Å²) in [4.78, 5) is 30.4. The van der Waals surface area contributed by atoms with Crippen LogP contribution in [0.3, 0.4) is 0 Å². The molecule has 2 aromatic rings. The molecule has 2 fully saturated rings. The molecule has 8 heteroatoms. The number of aromatic nitrogens is 1. The van der Waals surface area contributed by atoms with Crippen LogP contribution in [0.15, 0.2) is 33.2 Å². The van der Waals surface area contributed by atoms with Gasteiger partial charge in [-0.25, -0.2) is 9.78 Å². The first kappa shape index (κ1) is 20.9. The van der Waals surface area contributed by atoms with E-state index < -0.39 is 0 Å². The summed E-state index contributed by atoms with van der Waals surface area (Å²) in [6.45, 7) is 3.34. The monoisotopic (exact) mass is 476 g/mol. The Hall–Kier alpha value is -2.35. The molecule has 1 unspecified atom stereocenters. The van der Waals surface area contributed by atoms with E-state index in [2.05, 4.69) is 20.9 Å². The Morgan fingerprint density at radius 3 is 2.80 bits per heavy atom. The van der Waals surface area contributed by atoms with E-state index >= 15 is 0 Å². The molecule has 1 aromatic heterocycles. The molecule has 1 aliphatic carbocycles. The average Bonchev–Trinajstić information content (AvgIpc) is 3.31. The highest BCUT2D eigenvalue weighted by Gasteiger charge is 2.59. The highest BCUT2D eigenvalue weighted by Crippen LogP contribution is 2.59. The quantitative estimate of drug-likeness (QED) is 0.595. The molecule has 1 atom stereocenters. The molecule has 0 bridgehead atoms. The number of methoxy groups -OCH3 is 1. The molecular formula is C22H25BrN2O5. The van der Waals surface area contributed by atoms with Crippen molar-refractivity contribution in [3.05, 3.63) is 40.2 Å².